The van der Waals surface area contributed by atoms with Crippen molar-refractivity contribution in [2.75, 3.05) is 26.7 Å². The summed E-state index contributed by atoms with van der Waals surface area (Å²) in [6.45, 7) is 1.13. The number of ether oxygens (including phenoxy) is 1. The molecular weight excluding hydrogens is 322 g/mol. The second kappa shape index (κ2) is 6.10. The third-order valence-electron chi connectivity index (χ3n) is 4.64. The minimum Gasteiger partial charge on any atom is -0.480 e. The first-order chi connectivity index (χ1) is 11.3. The second-order valence-corrected chi connectivity index (χ2v) is 6.25. The highest BCUT2D eigenvalue weighted by Crippen LogP contribution is 2.38. The van der Waals surface area contributed by atoms with E-state index in [-0.39, 0.29) is 12.2 Å². The van der Waals surface area contributed by atoms with Gasteiger partial charge in [-0.15, -0.1) is 0 Å². The quantitative estimate of drug-likeness (QED) is 0.879. The van der Waals surface area contributed by atoms with Gasteiger partial charge in [0, 0.05) is 37.6 Å². The van der Waals surface area contributed by atoms with Crippen LogP contribution in [0.2, 0.25) is 0 Å². The van der Waals surface area contributed by atoms with Gasteiger partial charge in [-0.05, 0) is 19.2 Å². The minimum absolute atomic E-state index is 0.136. The molecule has 0 bridgehead atoms. The van der Waals surface area contributed by atoms with Gasteiger partial charge in [0.15, 0.2) is 6.04 Å². The average Bonchev–Trinajstić information content (AvgIpc) is 2.88. The third kappa shape index (κ3) is 2.87. The molecule has 2 fully saturated rings. The van der Waals surface area contributed by atoms with E-state index in [2.05, 4.69) is 0 Å². The van der Waals surface area contributed by atoms with Gasteiger partial charge < -0.3 is 14.7 Å². The summed E-state index contributed by atoms with van der Waals surface area (Å²) in [4.78, 5) is 27.6. The Labute approximate surface area is 137 Å². The number of carboxylic acids is 1. The van der Waals surface area contributed by atoms with E-state index in [1.54, 1.807) is 0 Å². The molecule has 1 aromatic carbocycles. The maximum absolute atomic E-state index is 13.5. The number of carbonyl (C=O) groups excluding carboxylic acids is 1. The molecule has 0 aliphatic carbocycles. The Morgan fingerprint density at radius 2 is 1.79 bits per heavy atom. The Kier molecular flexibility index (Phi) is 4.27. The van der Waals surface area contributed by atoms with Crippen LogP contribution < -0.4 is 0 Å². The fourth-order valence-electron chi connectivity index (χ4n) is 3.34. The molecule has 2 aliphatic heterocycles. The van der Waals surface area contributed by atoms with Crippen molar-refractivity contribution in [1.29, 1.82) is 0 Å². The number of hydrogen-bond donors (Lipinski definition) is 1. The lowest BCUT2D eigenvalue weighted by molar-refractivity contribution is -0.143. The highest BCUT2D eigenvalue weighted by Gasteiger charge is 2.53. The largest absolute Gasteiger partial charge is 0.480 e. The number of nitrogens with zero attached hydrogens (tertiary/aromatic N) is 2. The Morgan fingerprint density at radius 1 is 1.21 bits per heavy atom. The number of piperidine rings is 1. The van der Waals surface area contributed by atoms with E-state index in [1.165, 1.54) is 0 Å². The van der Waals surface area contributed by atoms with Crippen molar-refractivity contribution in [3.63, 3.8) is 0 Å². The molecule has 130 valence electrons. The number of hydrogen-bond acceptors (Lipinski definition) is 4. The molecular formula is C16H18F2N2O4. The molecule has 2 saturated heterocycles. The van der Waals surface area contributed by atoms with Crippen LogP contribution in [0.5, 0.6) is 0 Å². The molecule has 1 unspecified atom stereocenters. The van der Waals surface area contributed by atoms with Crippen LogP contribution in [-0.2, 0) is 9.53 Å². The minimum atomic E-state index is -1.20. The van der Waals surface area contributed by atoms with Crippen LogP contribution >= 0.6 is 0 Å². The Hall–Kier alpha value is -2.06. The summed E-state index contributed by atoms with van der Waals surface area (Å²) >= 11 is 0. The van der Waals surface area contributed by atoms with Crippen LogP contribution in [-0.4, -0.2) is 65.3 Å². The summed E-state index contributed by atoms with van der Waals surface area (Å²) in [5.74, 6) is -3.70. The predicted octanol–water partition coefficient (Wildman–Crippen LogP) is 1.31. The van der Waals surface area contributed by atoms with E-state index < -0.39 is 35.3 Å². The molecule has 1 spiro atoms. The molecule has 24 heavy (non-hydrogen) atoms. The van der Waals surface area contributed by atoms with Gasteiger partial charge in [0.2, 0.25) is 0 Å². The second-order valence-electron chi connectivity index (χ2n) is 6.25. The standard InChI is InChI=1S/C16H18F2N2O4/c1-19-4-2-16(3-5-19)20(13(9-24-16)15(22)23)14(21)10-6-11(17)8-12(18)7-10/h6-8,13H,2-5,9H2,1H3,(H,22,23). The van der Waals surface area contributed by atoms with E-state index in [1.807, 2.05) is 11.9 Å². The van der Waals surface area contributed by atoms with E-state index in [4.69, 9.17) is 4.74 Å². The normalized spacial score (nSPS) is 23.6. The van der Waals surface area contributed by atoms with Crippen LogP contribution in [0.1, 0.15) is 23.2 Å². The molecule has 8 heteroatoms. The summed E-state index contributed by atoms with van der Waals surface area (Å²) in [6, 6.07) is 1.31. The van der Waals surface area contributed by atoms with Crippen LogP contribution in [0.25, 0.3) is 0 Å². The topological polar surface area (TPSA) is 70.1 Å². The smallest absolute Gasteiger partial charge is 0.328 e. The molecule has 2 heterocycles. The molecule has 3 rings (SSSR count). The number of aliphatic carboxylic acids is 1. The fraction of sp³-hybridized carbons (Fsp3) is 0.500. The summed E-state index contributed by atoms with van der Waals surface area (Å²) in [7, 11) is 1.92. The average molecular weight is 340 g/mol. The zero-order valence-corrected chi connectivity index (χ0v) is 13.2. The molecule has 0 saturated carbocycles. The number of likely N-dealkylation sites (tertiary alicyclic amines) is 1. The van der Waals surface area contributed by atoms with Crippen LogP contribution in [0.4, 0.5) is 8.78 Å². The van der Waals surface area contributed by atoms with E-state index in [0.29, 0.717) is 32.0 Å². The zero-order valence-electron chi connectivity index (χ0n) is 13.2. The molecule has 0 radical (unpaired) electrons. The molecule has 0 aromatic heterocycles. The van der Waals surface area contributed by atoms with Gasteiger partial charge in [-0.3, -0.25) is 9.69 Å². The predicted molar refractivity (Wildman–Crippen MR) is 79.4 cm³/mol. The van der Waals surface area contributed by atoms with Crippen molar-refractivity contribution in [3.8, 4) is 0 Å². The van der Waals surface area contributed by atoms with E-state index in [9.17, 15) is 23.5 Å². The van der Waals surface area contributed by atoms with Gasteiger partial charge in [-0.25, -0.2) is 13.6 Å². The highest BCUT2D eigenvalue weighted by molar-refractivity contribution is 5.97. The zero-order chi connectivity index (χ0) is 17.5. The van der Waals surface area contributed by atoms with E-state index in [0.717, 1.165) is 17.0 Å². The number of rotatable bonds is 2. The van der Waals surface area contributed by atoms with Gasteiger partial charge in [0.25, 0.3) is 5.91 Å². The molecule has 2 aliphatic rings. The lowest BCUT2D eigenvalue weighted by atomic mass is 9.97. The van der Waals surface area contributed by atoms with Gasteiger partial charge in [-0.1, -0.05) is 0 Å². The Morgan fingerprint density at radius 3 is 2.33 bits per heavy atom. The van der Waals surface area contributed by atoms with Crippen molar-refractivity contribution in [1.82, 2.24) is 9.80 Å². The lowest BCUT2D eigenvalue weighted by Gasteiger charge is -2.43. The van der Waals surface area contributed by atoms with Crippen molar-refractivity contribution in [2.24, 2.45) is 0 Å². The van der Waals surface area contributed by atoms with Crippen molar-refractivity contribution < 1.29 is 28.2 Å². The number of amides is 1. The van der Waals surface area contributed by atoms with Crippen LogP contribution in [0.15, 0.2) is 18.2 Å². The molecule has 1 aromatic rings. The molecule has 1 amide bonds. The number of benzene rings is 1. The number of carbonyl (C=O) groups is 2. The SMILES string of the molecule is CN1CCC2(CC1)OCC(C(=O)O)N2C(=O)c1cc(F)cc(F)c1. The summed E-state index contributed by atoms with van der Waals surface area (Å²) in [5, 5.41) is 9.42. The van der Waals surface area contributed by atoms with Crippen molar-refractivity contribution >= 4 is 11.9 Å². The monoisotopic (exact) mass is 340 g/mol. The van der Waals surface area contributed by atoms with Gasteiger partial charge in [0.05, 0.1) is 6.61 Å². The molecule has 6 nitrogen and oxygen atoms in total. The van der Waals surface area contributed by atoms with Crippen molar-refractivity contribution in [3.05, 3.63) is 35.4 Å². The maximum atomic E-state index is 13.5. The van der Waals surface area contributed by atoms with Gasteiger partial charge in [0.1, 0.15) is 17.4 Å². The van der Waals surface area contributed by atoms with Crippen LogP contribution in [0.3, 0.4) is 0 Å². The Balaban J connectivity index is 1.98. The van der Waals surface area contributed by atoms with Gasteiger partial charge >= 0.3 is 5.97 Å². The fourth-order valence-corrected chi connectivity index (χ4v) is 3.34. The summed E-state index contributed by atoms with van der Waals surface area (Å²) in [6.07, 6.45) is 0.883. The lowest BCUT2D eigenvalue weighted by Crippen LogP contribution is -2.57. The number of carboxylic acid groups (broad SMARTS) is 1. The first-order valence-corrected chi connectivity index (χ1v) is 7.67. The molecule has 1 atom stereocenters. The summed E-state index contributed by atoms with van der Waals surface area (Å²) < 4.78 is 32.6. The van der Waals surface area contributed by atoms with E-state index >= 15 is 0 Å². The number of halogens is 2. The van der Waals surface area contributed by atoms with Crippen LogP contribution in [0, 0.1) is 11.6 Å². The first-order valence-electron chi connectivity index (χ1n) is 7.67. The van der Waals surface area contributed by atoms with Crippen molar-refractivity contribution in [2.45, 2.75) is 24.6 Å². The third-order valence-corrected chi connectivity index (χ3v) is 4.64. The highest BCUT2D eigenvalue weighted by atomic mass is 19.1. The first kappa shape index (κ1) is 16.8. The summed E-state index contributed by atoms with van der Waals surface area (Å²) in [5.41, 5.74) is -1.27. The van der Waals surface area contributed by atoms with Gasteiger partial charge in [-0.2, -0.15) is 0 Å². The maximum Gasteiger partial charge on any atom is 0.328 e. The molecule has 1 N–H and O–H groups in total. The Bertz CT molecular complexity index is 654.